The van der Waals surface area contributed by atoms with Crippen molar-refractivity contribution in [2.75, 3.05) is 13.2 Å². The van der Waals surface area contributed by atoms with Crippen molar-refractivity contribution in [1.29, 1.82) is 0 Å². The number of benzene rings is 2. The van der Waals surface area contributed by atoms with E-state index in [0.29, 0.717) is 23.3 Å². The molecular weight excluding hydrogens is 410 g/mol. The van der Waals surface area contributed by atoms with Crippen LogP contribution in [0.5, 0.6) is 0 Å². The fraction of sp³-hybridized carbons (Fsp3) is 0.208. The number of rotatable bonds is 5. The van der Waals surface area contributed by atoms with Gasteiger partial charge in [0.1, 0.15) is 19.0 Å². The second kappa shape index (κ2) is 8.45. The van der Waals surface area contributed by atoms with E-state index in [1.54, 1.807) is 29.5 Å². The fourth-order valence-corrected chi connectivity index (χ4v) is 5.00. The Hall–Kier alpha value is -3.29. The molecular formula is C24H21N3O3S. The van der Waals surface area contributed by atoms with Crippen LogP contribution in [0.4, 0.5) is 0 Å². The van der Waals surface area contributed by atoms with E-state index in [9.17, 15) is 9.59 Å². The highest BCUT2D eigenvalue weighted by Crippen LogP contribution is 2.37. The molecule has 31 heavy (non-hydrogen) atoms. The Balaban J connectivity index is 1.31. The van der Waals surface area contributed by atoms with Crippen LogP contribution in [0.25, 0.3) is 10.9 Å². The Kier molecular flexibility index (Phi) is 5.36. The number of aromatic amines is 1. The van der Waals surface area contributed by atoms with Crippen LogP contribution in [-0.2, 0) is 22.6 Å². The van der Waals surface area contributed by atoms with E-state index >= 15 is 0 Å². The van der Waals surface area contributed by atoms with Gasteiger partial charge in [0.25, 0.3) is 5.56 Å². The number of H-pyrrole nitrogens is 1. The molecule has 0 fully saturated rings. The molecule has 1 atom stereocenters. The second-order valence-corrected chi connectivity index (χ2v) is 8.47. The molecule has 0 spiro atoms. The van der Waals surface area contributed by atoms with Gasteiger partial charge in [0.05, 0.1) is 16.9 Å². The molecule has 2 aromatic carbocycles. The van der Waals surface area contributed by atoms with E-state index in [-0.39, 0.29) is 30.7 Å². The molecule has 3 heterocycles. The molecule has 2 aromatic heterocycles. The molecule has 1 aliphatic heterocycles. The Labute approximate surface area is 183 Å². The van der Waals surface area contributed by atoms with Crippen LogP contribution in [-0.4, -0.2) is 33.9 Å². The van der Waals surface area contributed by atoms with E-state index in [1.165, 1.54) is 10.4 Å². The Morgan fingerprint density at radius 2 is 1.94 bits per heavy atom. The van der Waals surface area contributed by atoms with Gasteiger partial charge >= 0.3 is 0 Å². The minimum Gasteiger partial charge on any atom is -0.364 e. The van der Waals surface area contributed by atoms with Gasteiger partial charge in [0.15, 0.2) is 0 Å². The predicted octanol–water partition coefficient (Wildman–Crippen LogP) is 3.68. The number of carbonyl (C=O) groups is 1. The number of para-hydroxylation sites is 1. The molecule has 1 aliphatic rings. The van der Waals surface area contributed by atoms with E-state index in [1.807, 2.05) is 29.2 Å². The largest absolute Gasteiger partial charge is 0.364 e. The van der Waals surface area contributed by atoms with E-state index < -0.39 is 0 Å². The predicted molar refractivity (Wildman–Crippen MR) is 120 cm³/mol. The lowest BCUT2D eigenvalue weighted by Gasteiger charge is -2.36. The first-order valence-electron chi connectivity index (χ1n) is 10.2. The maximum absolute atomic E-state index is 13.1. The average Bonchev–Trinajstić information content (AvgIpc) is 3.28. The molecule has 4 aromatic rings. The van der Waals surface area contributed by atoms with Crippen LogP contribution in [0, 0.1) is 0 Å². The molecule has 5 rings (SSSR count). The summed E-state index contributed by atoms with van der Waals surface area (Å²) in [4.78, 5) is 35.7. The number of thiophene rings is 1. The maximum atomic E-state index is 13.1. The van der Waals surface area contributed by atoms with Crippen LogP contribution in [0.15, 0.2) is 70.8 Å². The van der Waals surface area contributed by atoms with Gasteiger partial charge in [-0.05, 0) is 41.1 Å². The van der Waals surface area contributed by atoms with Crippen LogP contribution < -0.4 is 5.56 Å². The van der Waals surface area contributed by atoms with Gasteiger partial charge in [0, 0.05) is 11.4 Å². The van der Waals surface area contributed by atoms with Crippen LogP contribution in [0.1, 0.15) is 27.9 Å². The van der Waals surface area contributed by atoms with Crippen molar-refractivity contribution in [2.45, 2.75) is 19.1 Å². The summed E-state index contributed by atoms with van der Waals surface area (Å²) in [5, 5.41) is 2.63. The summed E-state index contributed by atoms with van der Waals surface area (Å²) in [6.45, 7) is 0.652. The molecule has 1 amide bonds. The van der Waals surface area contributed by atoms with Gasteiger partial charge in [-0.3, -0.25) is 9.59 Å². The SMILES string of the molecule is O=C(COCc1nc2ccccc2c(=O)[nH]1)N1CCc2sccc2C1c1ccccc1. The van der Waals surface area contributed by atoms with Gasteiger partial charge in [-0.15, -0.1) is 11.3 Å². The Morgan fingerprint density at radius 3 is 2.81 bits per heavy atom. The van der Waals surface area contributed by atoms with E-state index in [0.717, 1.165) is 12.0 Å². The summed E-state index contributed by atoms with van der Waals surface area (Å²) >= 11 is 1.74. The summed E-state index contributed by atoms with van der Waals surface area (Å²) < 4.78 is 5.67. The number of hydrogen-bond acceptors (Lipinski definition) is 5. The zero-order valence-corrected chi connectivity index (χ0v) is 17.6. The third-order valence-corrected chi connectivity index (χ3v) is 6.52. The molecule has 0 radical (unpaired) electrons. The van der Waals surface area contributed by atoms with Crippen molar-refractivity contribution < 1.29 is 9.53 Å². The number of carbonyl (C=O) groups excluding carboxylic acids is 1. The van der Waals surface area contributed by atoms with Gasteiger partial charge in [-0.25, -0.2) is 4.98 Å². The normalized spacial score (nSPS) is 15.7. The highest BCUT2D eigenvalue weighted by molar-refractivity contribution is 7.10. The van der Waals surface area contributed by atoms with Crippen molar-refractivity contribution >= 4 is 28.1 Å². The van der Waals surface area contributed by atoms with Crippen molar-refractivity contribution in [2.24, 2.45) is 0 Å². The first-order valence-corrected chi connectivity index (χ1v) is 11.0. The highest BCUT2D eigenvalue weighted by Gasteiger charge is 2.32. The third-order valence-electron chi connectivity index (χ3n) is 5.53. The molecule has 0 aliphatic carbocycles. The Bertz CT molecular complexity index is 1280. The first kappa shape index (κ1) is 19.7. The molecule has 1 unspecified atom stereocenters. The lowest BCUT2D eigenvalue weighted by atomic mass is 9.93. The monoisotopic (exact) mass is 431 g/mol. The highest BCUT2D eigenvalue weighted by atomic mass is 32.1. The lowest BCUT2D eigenvalue weighted by Crippen LogP contribution is -2.42. The zero-order valence-electron chi connectivity index (χ0n) is 16.8. The molecule has 156 valence electrons. The fourth-order valence-electron chi connectivity index (χ4n) is 4.10. The van der Waals surface area contributed by atoms with Crippen molar-refractivity contribution in [3.05, 3.63) is 98.2 Å². The quantitative estimate of drug-likeness (QED) is 0.523. The standard InChI is InChI=1S/C24H21N3O3S/c28-22(15-30-14-21-25-19-9-5-4-8-17(19)24(29)26-21)27-12-10-20-18(11-13-31-20)23(27)16-6-2-1-3-7-16/h1-9,11,13,23H,10,12,14-15H2,(H,25,26,29). The topological polar surface area (TPSA) is 75.3 Å². The second-order valence-electron chi connectivity index (χ2n) is 7.47. The van der Waals surface area contributed by atoms with Crippen LogP contribution in [0.2, 0.25) is 0 Å². The maximum Gasteiger partial charge on any atom is 0.258 e. The number of fused-ring (bicyclic) bond motifs is 2. The number of aromatic nitrogens is 2. The lowest BCUT2D eigenvalue weighted by molar-refractivity contribution is -0.138. The molecule has 0 saturated heterocycles. The molecule has 6 nitrogen and oxygen atoms in total. The van der Waals surface area contributed by atoms with Crippen molar-refractivity contribution in [1.82, 2.24) is 14.9 Å². The van der Waals surface area contributed by atoms with E-state index in [4.69, 9.17) is 4.74 Å². The molecule has 1 N–H and O–H groups in total. The average molecular weight is 432 g/mol. The number of ether oxygens (including phenoxy) is 1. The molecule has 0 saturated carbocycles. The number of nitrogens with zero attached hydrogens (tertiary/aromatic N) is 2. The summed E-state index contributed by atoms with van der Waals surface area (Å²) in [5.41, 5.74) is 2.69. The van der Waals surface area contributed by atoms with Crippen molar-refractivity contribution in [3.8, 4) is 0 Å². The zero-order chi connectivity index (χ0) is 21.2. The molecule has 0 bridgehead atoms. The minimum atomic E-state index is -0.208. The number of amides is 1. The van der Waals surface area contributed by atoms with Gasteiger partial charge < -0.3 is 14.6 Å². The third kappa shape index (κ3) is 3.89. The van der Waals surface area contributed by atoms with E-state index in [2.05, 4.69) is 33.5 Å². The summed E-state index contributed by atoms with van der Waals surface area (Å²) in [5.74, 6) is 0.337. The van der Waals surface area contributed by atoms with Crippen LogP contribution >= 0.6 is 11.3 Å². The number of hydrogen-bond donors (Lipinski definition) is 1. The number of nitrogens with one attached hydrogen (secondary N) is 1. The minimum absolute atomic E-state index is 0.0688. The first-order chi connectivity index (χ1) is 15.2. The van der Waals surface area contributed by atoms with Gasteiger partial charge in [0.2, 0.25) is 5.91 Å². The smallest absolute Gasteiger partial charge is 0.258 e. The Morgan fingerprint density at radius 1 is 1.13 bits per heavy atom. The van der Waals surface area contributed by atoms with Gasteiger partial charge in [-0.2, -0.15) is 0 Å². The summed E-state index contributed by atoms with van der Waals surface area (Å²) in [6.07, 6.45) is 0.849. The molecule has 7 heteroatoms. The summed E-state index contributed by atoms with van der Waals surface area (Å²) in [6, 6.07) is 19.2. The van der Waals surface area contributed by atoms with Crippen LogP contribution in [0.3, 0.4) is 0 Å². The van der Waals surface area contributed by atoms with Gasteiger partial charge in [-0.1, -0.05) is 42.5 Å². The van der Waals surface area contributed by atoms with Crippen molar-refractivity contribution in [3.63, 3.8) is 0 Å². The summed E-state index contributed by atoms with van der Waals surface area (Å²) in [7, 11) is 0.